The zero-order valence-electron chi connectivity index (χ0n) is 12.4. The Morgan fingerprint density at radius 2 is 2.08 bits per heavy atom. The minimum atomic E-state index is -0.451. The molecule has 24 heavy (non-hydrogen) atoms. The molecule has 0 aliphatic rings. The van der Waals surface area contributed by atoms with Gasteiger partial charge >= 0.3 is 5.16 Å². The van der Waals surface area contributed by atoms with Crippen molar-refractivity contribution < 1.29 is 13.9 Å². The Morgan fingerprint density at radius 1 is 1.29 bits per heavy atom. The summed E-state index contributed by atoms with van der Waals surface area (Å²) in [4.78, 5) is 16.3. The lowest BCUT2D eigenvalue weighted by Gasteiger charge is -2.06. The fraction of sp³-hybridized carbons (Fsp3) is 0.0625. The summed E-state index contributed by atoms with van der Waals surface area (Å²) in [5.41, 5.74) is 1.29. The summed E-state index contributed by atoms with van der Waals surface area (Å²) in [5, 5.41) is 6.47. The molecule has 0 saturated heterocycles. The highest BCUT2D eigenvalue weighted by molar-refractivity contribution is 7.99. The number of nitrogens with one attached hydrogen (secondary N) is 2. The van der Waals surface area contributed by atoms with Crippen LogP contribution in [0.15, 0.2) is 60.0 Å². The summed E-state index contributed by atoms with van der Waals surface area (Å²) in [7, 11) is 0. The number of halogens is 2. The third-order valence-electron chi connectivity index (χ3n) is 3.11. The molecule has 3 rings (SSSR count). The van der Waals surface area contributed by atoms with E-state index in [9.17, 15) is 9.18 Å². The minimum Gasteiger partial charge on any atom is -0.324 e. The normalized spacial score (nSPS) is 10.6. The van der Waals surface area contributed by atoms with Crippen LogP contribution in [-0.2, 0) is 4.79 Å². The van der Waals surface area contributed by atoms with Gasteiger partial charge in [0.25, 0.3) is 0 Å². The zero-order chi connectivity index (χ0) is 16.9. The van der Waals surface area contributed by atoms with Crippen LogP contribution in [0.25, 0.3) is 5.69 Å². The van der Waals surface area contributed by atoms with Crippen LogP contribution in [0, 0.1) is 5.82 Å². The number of thioether (sulfide) groups is 1. The Kier molecular flexibility index (Phi) is 5.12. The molecule has 1 heterocycles. The Balaban J connectivity index is 1.64. The van der Waals surface area contributed by atoms with Crippen LogP contribution < -0.4 is 10.00 Å². The highest BCUT2D eigenvalue weighted by Gasteiger charge is 2.18. The van der Waals surface area contributed by atoms with Gasteiger partial charge in [-0.3, -0.25) is 4.79 Å². The Morgan fingerprint density at radius 3 is 2.83 bits per heavy atom. The summed E-state index contributed by atoms with van der Waals surface area (Å²) in [5.74, 6) is -0.560. The maximum absolute atomic E-state index is 13.0. The average molecular weight is 364 g/mol. The Bertz CT molecular complexity index is 856. The molecule has 0 aliphatic carbocycles. The van der Waals surface area contributed by atoms with Crippen molar-refractivity contribution >= 4 is 35.0 Å². The molecular formula is C16H13ClFN4OS+. The number of hydrogen-bond acceptors (Lipinski definition) is 3. The highest BCUT2D eigenvalue weighted by Crippen LogP contribution is 2.23. The molecule has 0 fully saturated rings. The van der Waals surface area contributed by atoms with Gasteiger partial charge in [0.15, 0.2) is 5.69 Å². The first-order valence-corrected chi connectivity index (χ1v) is 8.38. The zero-order valence-corrected chi connectivity index (χ0v) is 13.9. The van der Waals surface area contributed by atoms with Gasteiger partial charge in [0.05, 0.1) is 16.5 Å². The number of carbonyl (C=O) groups is 1. The number of anilines is 1. The number of rotatable bonds is 5. The van der Waals surface area contributed by atoms with Crippen LogP contribution in [0.1, 0.15) is 0 Å². The van der Waals surface area contributed by atoms with Crippen molar-refractivity contribution in [1.82, 2.24) is 10.1 Å². The van der Waals surface area contributed by atoms with Gasteiger partial charge in [-0.05, 0) is 47.1 Å². The topological polar surface area (TPSA) is 61.7 Å². The number of hydrogen-bond donors (Lipinski definition) is 2. The maximum Gasteiger partial charge on any atom is 0.385 e. The van der Waals surface area contributed by atoms with Crippen molar-refractivity contribution in [3.05, 3.63) is 65.7 Å². The third kappa shape index (κ3) is 3.93. The molecule has 0 saturated carbocycles. The van der Waals surface area contributed by atoms with E-state index in [2.05, 4.69) is 15.4 Å². The lowest BCUT2D eigenvalue weighted by Crippen LogP contribution is -2.35. The van der Waals surface area contributed by atoms with Crippen molar-refractivity contribution in [2.75, 3.05) is 11.1 Å². The molecule has 5 nitrogen and oxygen atoms in total. The van der Waals surface area contributed by atoms with Gasteiger partial charge in [0, 0.05) is 0 Å². The summed E-state index contributed by atoms with van der Waals surface area (Å²) in [6.45, 7) is 0. The van der Waals surface area contributed by atoms with Crippen molar-refractivity contribution in [2.45, 2.75) is 5.16 Å². The van der Waals surface area contributed by atoms with Crippen molar-refractivity contribution in [3.63, 3.8) is 0 Å². The van der Waals surface area contributed by atoms with E-state index >= 15 is 0 Å². The first kappa shape index (κ1) is 16.5. The van der Waals surface area contributed by atoms with E-state index in [1.165, 1.54) is 23.9 Å². The van der Waals surface area contributed by atoms with Crippen LogP contribution in [0.4, 0.5) is 10.1 Å². The summed E-state index contributed by atoms with van der Waals surface area (Å²) in [6, 6.07) is 13.4. The molecule has 0 spiro atoms. The molecule has 122 valence electrons. The molecule has 1 amide bonds. The third-order valence-corrected chi connectivity index (χ3v) is 4.37. The van der Waals surface area contributed by atoms with E-state index in [4.69, 9.17) is 11.6 Å². The summed E-state index contributed by atoms with van der Waals surface area (Å²) in [6.07, 6.45) is 1.56. The standard InChI is InChI=1S/C16H12ClFN4OS/c17-13-8-11(18)6-7-14(13)21-15(23)9-24-16-19-10-20-22(16)12-4-2-1-3-5-12/h1-8,10H,9H2,(H,21,23)/p+1. The van der Waals surface area contributed by atoms with Crippen LogP contribution in [0.3, 0.4) is 0 Å². The number of aromatic amines is 1. The summed E-state index contributed by atoms with van der Waals surface area (Å²) < 4.78 is 14.8. The minimum absolute atomic E-state index is 0.144. The molecule has 0 bridgehead atoms. The molecule has 0 unspecified atom stereocenters. The van der Waals surface area contributed by atoms with Gasteiger partial charge < -0.3 is 5.32 Å². The fourth-order valence-corrected chi connectivity index (χ4v) is 2.99. The number of H-pyrrole nitrogens is 1. The van der Waals surface area contributed by atoms with Crippen LogP contribution >= 0.6 is 23.4 Å². The second kappa shape index (κ2) is 7.46. The lowest BCUT2D eigenvalue weighted by molar-refractivity contribution is -0.694. The monoisotopic (exact) mass is 363 g/mol. The summed E-state index contributed by atoms with van der Waals surface area (Å²) >= 11 is 7.17. The largest absolute Gasteiger partial charge is 0.385 e. The van der Waals surface area contributed by atoms with Gasteiger partial charge in [-0.25, -0.2) is 4.39 Å². The number of para-hydroxylation sites is 1. The maximum atomic E-state index is 13.0. The molecule has 0 radical (unpaired) electrons. The lowest BCUT2D eigenvalue weighted by atomic mass is 10.3. The van der Waals surface area contributed by atoms with E-state index in [0.29, 0.717) is 10.8 Å². The van der Waals surface area contributed by atoms with Gasteiger partial charge in [-0.2, -0.15) is 5.10 Å². The Labute approximate surface area is 146 Å². The number of nitrogens with zero attached hydrogens (tertiary/aromatic N) is 2. The van der Waals surface area contributed by atoms with E-state index in [-0.39, 0.29) is 16.7 Å². The van der Waals surface area contributed by atoms with Gasteiger partial charge in [-0.1, -0.05) is 29.8 Å². The second-order valence-electron chi connectivity index (χ2n) is 4.80. The molecular weight excluding hydrogens is 351 g/mol. The fourth-order valence-electron chi connectivity index (χ4n) is 2.03. The molecule has 0 aliphatic heterocycles. The van der Waals surface area contributed by atoms with E-state index in [1.807, 2.05) is 30.3 Å². The number of aromatic nitrogens is 3. The van der Waals surface area contributed by atoms with Gasteiger partial charge in [-0.15, -0.1) is 4.68 Å². The SMILES string of the molecule is O=C(CSc1nc[nH][n+]1-c1ccccc1)Nc1ccc(F)cc1Cl. The smallest absolute Gasteiger partial charge is 0.324 e. The quantitative estimate of drug-likeness (QED) is 0.540. The number of amides is 1. The number of carbonyl (C=O) groups excluding carboxylic acids is 1. The van der Waals surface area contributed by atoms with E-state index < -0.39 is 5.82 Å². The van der Waals surface area contributed by atoms with Crippen LogP contribution in [0.2, 0.25) is 5.02 Å². The first-order chi connectivity index (χ1) is 11.6. The van der Waals surface area contributed by atoms with Crippen molar-refractivity contribution in [2.24, 2.45) is 0 Å². The molecule has 2 N–H and O–H groups in total. The number of benzene rings is 2. The molecule has 3 aromatic rings. The predicted octanol–water partition coefficient (Wildman–Crippen LogP) is 3.21. The van der Waals surface area contributed by atoms with E-state index in [0.717, 1.165) is 11.8 Å². The highest BCUT2D eigenvalue weighted by atomic mass is 35.5. The predicted molar refractivity (Wildman–Crippen MR) is 90.9 cm³/mol. The first-order valence-electron chi connectivity index (χ1n) is 7.02. The molecule has 1 aromatic heterocycles. The second-order valence-corrected chi connectivity index (χ2v) is 6.15. The van der Waals surface area contributed by atoms with Gasteiger partial charge in [0.2, 0.25) is 12.2 Å². The van der Waals surface area contributed by atoms with Crippen LogP contribution in [-0.4, -0.2) is 21.7 Å². The van der Waals surface area contributed by atoms with Crippen LogP contribution in [0.5, 0.6) is 0 Å². The molecule has 0 atom stereocenters. The molecule has 2 aromatic carbocycles. The van der Waals surface area contributed by atoms with E-state index in [1.54, 1.807) is 11.0 Å². The van der Waals surface area contributed by atoms with Crippen molar-refractivity contribution in [3.8, 4) is 5.69 Å². The molecule has 8 heteroatoms. The average Bonchev–Trinajstić information content (AvgIpc) is 3.05. The van der Waals surface area contributed by atoms with Gasteiger partial charge in [0.1, 0.15) is 5.82 Å². The van der Waals surface area contributed by atoms with Crippen molar-refractivity contribution in [1.29, 1.82) is 0 Å². The Hall–Kier alpha value is -2.38.